The van der Waals surface area contributed by atoms with Gasteiger partial charge in [-0.15, -0.1) is 0 Å². The maximum Gasteiger partial charge on any atom is 0.341 e. The lowest BCUT2D eigenvalue weighted by atomic mass is 9.97. The molecule has 12 heteroatoms. The Hall–Kier alpha value is -5.00. The molecule has 1 aromatic heterocycles. The Balaban J connectivity index is 2.26. The summed E-state index contributed by atoms with van der Waals surface area (Å²) < 4.78 is 9.48. The molecule has 0 aliphatic rings. The van der Waals surface area contributed by atoms with Crippen LogP contribution in [0, 0.1) is 20.2 Å². The van der Waals surface area contributed by atoms with Gasteiger partial charge in [-0.25, -0.2) is 14.6 Å². The molecule has 12 nitrogen and oxygen atoms in total. The number of pyridine rings is 1. The van der Waals surface area contributed by atoms with Crippen LogP contribution < -0.4 is 0 Å². The summed E-state index contributed by atoms with van der Waals surface area (Å²) in [4.78, 5) is 63.1. The van der Waals surface area contributed by atoms with Gasteiger partial charge in [-0.1, -0.05) is 0 Å². The van der Waals surface area contributed by atoms with Crippen LogP contribution in [0.1, 0.15) is 36.8 Å². The summed E-state index contributed by atoms with van der Waals surface area (Å²) in [6.45, 7) is 0. The van der Waals surface area contributed by atoms with E-state index >= 15 is 0 Å². The Labute approximate surface area is 191 Å². The molecule has 0 unspecified atom stereocenters. The average molecular weight is 465 g/mol. The first kappa shape index (κ1) is 23.7. The van der Waals surface area contributed by atoms with Crippen LogP contribution >= 0.6 is 0 Å². The van der Waals surface area contributed by atoms with Crippen LogP contribution in [0.5, 0.6) is 0 Å². The summed E-state index contributed by atoms with van der Waals surface area (Å²) in [7, 11) is 2.13. The van der Waals surface area contributed by atoms with E-state index in [0.717, 1.165) is 26.4 Å². The average Bonchev–Trinajstić information content (AvgIpc) is 2.86. The maximum absolute atomic E-state index is 13.3. The Morgan fingerprint density at radius 2 is 1.29 bits per heavy atom. The first-order chi connectivity index (χ1) is 16.2. The van der Waals surface area contributed by atoms with Gasteiger partial charge in [-0.2, -0.15) is 0 Å². The number of aromatic nitrogens is 1. The number of ketones is 1. The normalized spacial score (nSPS) is 10.3. The van der Waals surface area contributed by atoms with Crippen LogP contribution in [0.15, 0.2) is 54.6 Å². The summed E-state index contributed by atoms with van der Waals surface area (Å²) >= 11 is 0. The minimum Gasteiger partial charge on any atom is -0.465 e. The lowest BCUT2D eigenvalue weighted by Gasteiger charge is -2.13. The van der Waals surface area contributed by atoms with Gasteiger partial charge in [-0.3, -0.25) is 25.0 Å². The highest BCUT2D eigenvalue weighted by atomic mass is 16.6. The number of nitro groups is 2. The molecule has 0 N–H and O–H groups in total. The molecule has 0 radical (unpaired) electrons. The topological polar surface area (TPSA) is 169 Å². The van der Waals surface area contributed by atoms with Gasteiger partial charge in [-0.05, 0) is 30.3 Å². The summed E-state index contributed by atoms with van der Waals surface area (Å²) in [6, 6.07) is 10.9. The Morgan fingerprint density at radius 3 is 1.76 bits per heavy atom. The zero-order chi connectivity index (χ0) is 25.0. The zero-order valence-electron chi connectivity index (χ0n) is 17.7. The number of non-ortho nitro benzene ring substituents is 2. The minimum atomic E-state index is -1.03. The van der Waals surface area contributed by atoms with E-state index in [1.807, 2.05) is 0 Å². The lowest BCUT2D eigenvalue weighted by molar-refractivity contribution is -0.385. The summed E-state index contributed by atoms with van der Waals surface area (Å²) in [6.07, 6.45) is 0. The standard InChI is InChI=1S/C22H15N3O9/c1-33-21(27)16-11-17(12-3-7-14(8-4-12)24(29)30)23-19(18(16)22(28)34-2)20(26)13-5-9-15(10-6-13)25(31)32/h3-11H,1-2H3. The van der Waals surface area contributed by atoms with Crippen molar-refractivity contribution in [1.82, 2.24) is 4.98 Å². The molecule has 0 fully saturated rings. The molecule has 34 heavy (non-hydrogen) atoms. The Bertz CT molecular complexity index is 1320. The summed E-state index contributed by atoms with van der Waals surface area (Å²) in [5, 5.41) is 21.8. The summed E-state index contributed by atoms with van der Waals surface area (Å²) in [5.41, 5.74) is -1.36. The predicted molar refractivity (Wildman–Crippen MR) is 116 cm³/mol. The number of carbonyl (C=O) groups is 3. The van der Waals surface area contributed by atoms with Gasteiger partial charge in [0, 0.05) is 35.4 Å². The van der Waals surface area contributed by atoms with E-state index in [0.29, 0.717) is 5.56 Å². The van der Waals surface area contributed by atoms with Crippen molar-refractivity contribution in [2.24, 2.45) is 0 Å². The second-order valence-electron chi connectivity index (χ2n) is 6.70. The minimum absolute atomic E-state index is 0.0417. The largest absolute Gasteiger partial charge is 0.465 e. The van der Waals surface area contributed by atoms with Crippen LogP contribution in [-0.2, 0) is 9.47 Å². The molecule has 3 aromatic rings. The van der Waals surface area contributed by atoms with E-state index < -0.39 is 38.8 Å². The van der Waals surface area contributed by atoms with E-state index in [2.05, 4.69) is 4.98 Å². The van der Waals surface area contributed by atoms with Gasteiger partial charge in [0.1, 0.15) is 11.3 Å². The fraction of sp³-hybridized carbons (Fsp3) is 0.0909. The van der Waals surface area contributed by atoms with Gasteiger partial charge in [0.25, 0.3) is 11.4 Å². The number of rotatable bonds is 7. The molecule has 0 aliphatic carbocycles. The maximum atomic E-state index is 13.3. The molecule has 0 saturated carbocycles. The van der Waals surface area contributed by atoms with Crippen molar-refractivity contribution in [3.05, 3.63) is 97.2 Å². The number of esters is 2. The number of methoxy groups -OCH3 is 2. The van der Waals surface area contributed by atoms with Crippen molar-refractivity contribution < 1.29 is 33.7 Å². The second-order valence-corrected chi connectivity index (χ2v) is 6.70. The van der Waals surface area contributed by atoms with Crippen LogP contribution in [0.3, 0.4) is 0 Å². The first-order valence-electron chi connectivity index (χ1n) is 9.43. The number of ether oxygens (including phenoxy) is 2. The molecular weight excluding hydrogens is 450 g/mol. The Kier molecular flexibility index (Phi) is 6.71. The predicted octanol–water partition coefficient (Wildman–Crippen LogP) is 3.37. The number of nitro benzene ring substituents is 2. The molecule has 3 rings (SSSR count). The third kappa shape index (κ3) is 4.60. The number of hydrogen-bond acceptors (Lipinski definition) is 10. The van der Waals surface area contributed by atoms with Gasteiger partial charge in [0.2, 0.25) is 5.78 Å². The first-order valence-corrected chi connectivity index (χ1v) is 9.43. The summed E-state index contributed by atoms with van der Waals surface area (Å²) in [5.74, 6) is -2.80. The smallest absolute Gasteiger partial charge is 0.341 e. The van der Waals surface area contributed by atoms with Crippen molar-refractivity contribution in [2.45, 2.75) is 0 Å². The van der Waals surface area contributed by atoms with Gasteiger partial charge in [0.05, 0.1) is 35.3 Å². The van der Waals surface area contributed by atoms with E-state index in [-0.39, 0.29) is 28.2 Å². The van der Waals surface area contributed by atoms with Crippen molar-refractivity contribution in [2.75, 3.05) is 14.2 Å². The molecule has 0 aliphatic heterocycles. The van der Waals surface area contributed by atoms with Crippen LogP contribution in [-0.4, -0.2) is 46.8 Å². The molecular formula is C22H15N3O9. The van der Waals surface area contributed by atoms with E-state index in [9.17, 15) is 34.6 Å². The van der Waals surface area contributed by atoms with Gasteiger partial charge < -0.3 is 9.47 Å². The third-order valence-corrected chi connectivity index (χ3v) is 4.74. The van der Waals surface area contributed by atoms with Crippen molar-refractivity contribution in [3.8, 4) is 11.3 Å². The highest BCUT2D eigenvalue weighted by molar-refractivity contribution is 6.17. The second kappa shape index (κ2) is 9.65. The highest BCUT2D eigenvalue weighted by Gasteiger charge is 2.29. The molecule has 0 atom stereocenters. The van der Waals surface area contributed by atoms with Crippen molar-refractivity contribution in [3.63, 3.8) is 0 Å². The molecule has 172 valence electrons. The number of hydrogen-bond donors (Lipinski definition) is 0. The molecule has 0 amide bonds. The molecule has 1 heterocycles. The lowest BCUT2D eigenvalue weighted by Crippen LogP contribution is -2.20. The highest BCUT2D eigenvalue weighted by Crippen LogP contribution is 2.27. The van der Waals surface area contributed by atoms with Gasteiger partial charge in [0.15, 0.2) is 0 Å². The SMILES string of the molecule is COC(=O)c1cc(-c2ccc([N+](=O)[O-])cc2)nc(C(=O)c2ccc([N+](=O)[O-])cc2)c1C(=O)OC. The molecule has 0 spiro atoms. The monoisotopic (exact) mass is 465 g/mol. The van der Waals surface area contributed by atoms with E-state index in [4.69, 9.17) is 9.47 Å². The fourth-order valence-corrected chi connectivity index (χ4v) is 3.06. The van der Waals surface area contributed by atoms with Gasteiger partial charge >= 0.3 is 11.9 Å². The molecule has 0 saturated heterocycles. The fourth-order valence-electron chi connectivity index (χ4n) is 3.06. The zero-order valence-corrected chi connectivity index (χ0v) is 17.7. The number of carbonyl (C=O) groups excluding carboxylic acids is 3. The third-order valence-electron chi connectivity index (χ3n) is 4.74. The quantitative estimate of drug-likeness (QED) is 0.218. The molecule has 2 aromatic carbocycles. The number of benzene rings is 2. The molecule has 0 bridgehead atoms. The van der Waals surface area contributed by atoms with E-state index in [1.165, 1.54) is 42.5 Å². The van der Waals surface area contributed by atoms with Crippen LogP contribution in [0.25, 0.3) is 11.3 Å². The van der Waals surface area contributed by atoms with Crippen LogP contribution in [0.2, 0.25) is 0 Å². The Morgan fingerprint density at radius 1 is 0.794 bits per heavy atom. The van der Waals surface area contributed by atoms with Crippen molar-refractivity contribution >= 4 is 29.1 Å². The van der Waals surface area contributed by atoms with E-state index in [1.54, 1.807) is 0 Å². The number of nitrogens with zero attached hydrogens (tertiary/aromatic N) is 3. The van der Waals surface area contributed by atoms with Crippen molar-refractivity contribution in [1.29, 1.82) is 0 Å². The van der Waals surface area contributed by atoms with Crippen LogP contribution in [0.4, 0.5) is 11.4 Å².